The van der Waals surface area contributed by atoms with Gasteiger partial charge in [0, 0.05) is 49.2 Å². The summed E-state index contributed by atoms with van der Waals surface area (Å²) in [7, 11) is 1.72. The maximum Gasteiger partial charge on any atom is 0.380 e. The Kier molecular flexibility index (Phi) is 51.2. The number of esters is 12. The van der Waals surface area contributed by atoms with Gasteiger partial charge in [-0.1, -0.05) is 125 Å². The van der Waals surface area contributed by atoms with E-state index in [9.17, 15) is 110 Å². The number of hydrogen-bond acceptors (Lipinski definition) is 28. The number of hydrogen-bond donors (Lipinski definition) is 0. The standard InChI is InChI=1S/C21H24F2O5.C20H22F2O5.C17H22F2O5.C16H20F2O5.C12H20F2O4.C11H18F2O4/c1-5-20(2,3)19(25)28-17-11-7-8-14-15(17)9-6-10-16(14)26-12-18(24)27-13-21(4,22)23;1-4-13(2)19(24)27-17-10-6-7-14-15(17)8-5-9-16(14)25-11-18(23)26-12-20(3,21)22;1-5-16(2,3)15(21)24-13-8-6-12(7-9-13)22-10-14(20)23-11-17(4,18)19;1-4-11(2)15(20)23-13-7-5-12(6-8-13)21-9-14(19)22-10-16(3,17)18;1-6-8(12(13,14)10(16)17-5)18-9(15)11(3,4)7-2;1-5-7(3)9(14)17-8(6-2)11(12,13)10(15)16-4/h6-11H,5,12-13H2,1-4H3;5-10,13H,4,11-12H2,1-3H3;6-9H,5,10-11H2,1-4H3;5-8,11H,4,9-10H2,1-3H3;8H,6-7H2,1-5H3;7-8H,5-6H2,1-4H3. The number of halogens is 12. The van der Waals surface area contributed by atoms with Crippen molar-refractivity contribution in [2.24, 2.45) is 34.0 Å². The molecular weight excluding hydrogens is 1840 g/mol. The van der Waals surface area contributed by atoms with Gasteiger partial charge in [0.15, 0.2) is 65.1 Å². The van der Waals surface area contributed by atoms with Crippen LogP contribution in [0.5, 0.6) is 46.0 Å². The number of rotatable bonds is 44. The van der Waals surface area contributed by atoms with Gasteiger partial charge in [0.1, 0.15) is 46.0 Å². The summed E-state index contributed by atoms with van der Waals surface area (Å²) < 4.78 is 233. The van der Waals surface area contributed by atoms with Gasteiger partial charge in [-0.25, -0.2) is 63.9 Å². The minimum atomic E-state index is -3.83. The number of alkyl halides is 12. The third kappa shape index (κ3) is 45.6. The topological polar surface area (TPSA) is 353 Å². The third-order valence-electron chi connectivity index (χ3n) is 19.9. The largest absolute Gasteiger partial charge is 0.482 e. The molecule has 40 heteroatoms. The Balaban J connectivity index is 0.000000829. The van der Waals surface area contributed by atoms with Gasteiger partial charge in [0.05, 0.1) is 48.2 Å². The van der Waals surface area contributed by atoms with Crippen LogP contribution < -0.4 is 37.9 Å². The van der Waals surface area contributed by atoms with Crippen molar-refractivity contribution in [3.05, 3.63) is 121 Å². The fraction of sp³-hybridized carbons (Fsp3) is 0.546. The first kappa shape index (κ1) is 123. The normalized spacial score (nSPS) is 12.7. The van der Waals surface area contributed by atoms with Crippen molar-refractivity contribution < 1.29 is 186 Å². The lowest BCUT2D eigenvalue weighted by atomic mass is 9.90. The molecule has 0 saturated heterocycles. The molecule has 0 amide bonds. The van der Waals surface area contributed by atoms with E-state index in [0.717, 1.165) is 14.2 Å². The molecule has 0 heterocycles. The third-order valence-corrected chi connectivity index (χ3v) is 19.9. The van der Waals surface area contributed by atoms with Crippen LogP contribution in [-0.2, 0) is 95.4 Å². The molecule has 0 bridgehead atoms. The van der Waals surface area contributed by atoms with Crippen molar-refractivity contribution in [3.63, 3.8) is 0 Å². The maximum atomic E-state index is 13.6. The number of methoxy groups -OCH3 is 2. The van der Waals surface area contributed by atoms with Crippen molar-refractivity contribution in [2.75, 3.05) is 67.1 Å². The van der Waals surface area contributed by atoms with Crippen LogP contribution in [0.3, 0.4) is 0 Å². The van der Waals surface area contributed by atoms with Crippen LogP contribution >= 0.6 is 0 Å². The van der Waals surface area contributed by atoms with Gasteiger partial charge in [-0.05, 0) is 166 Å². The monoisotopic (exact) mass is 1970 g/mol. The van der Waals surface area contributed by atoms with E-state index >= 15 is 0 Å². The van der Waals surface area contributed by atoms with Crippen LogP contribution in [0.4, 0.5) is 52.7 Å². The average Bonchev–Trinajstić information content (AvgIpc) is 0.800. The minimum absolute atomic E-state index is 0.162. The highest BCUT2D eigenvalue weighted by atomic mass is 19.3. The minimum Gasteiger partial charge on any atom is -0.482 e. The highest BCUT2D eigenvalue weighted by molar-refractivity contribution is 5.96. The molecule has 6 rings (SSSR count). The number of fused-ring (bicyclic) bond motifs is 2. The molecule has 137 heavy (non-hydrogen) atoms. The molecule has 0 aromatic heterocycles. The number of carbonyl (C=O) groups is 12. The van der Waals surface area contributed by atoms with Crippen LogP contribution in [0, 0.1) is 34.0 Å². The van der Waals surface area contributed by atoms with E-state index in [1.54, 1.807) is 149 Å². The van der Waals surface area contributed by atoms with Crippen LogP contribution in [0.1, 0.15) is 197 Å². The van der Waals surface area contributed by atoms with Gasteiger partial charge in [0.2, 0.25) is 0 Å². The van der Waals surface area contributed by atoms with Crippen molar-refractivity contribution in [1.82, 2.24) is 0 Å². The van der Waals surface area contributed by atoms with Crippen LogP contribution in [-0.4, -0.2) is 186 Å². The van der Waals surface area contributed by atoms with E-state index in [1.807, 2.05) is 27.7 Å². The lowest BCUT2D eigenvalue weighted by molar-refractivity contribution is -0.200. The van der Waals surface area contributed by atoms with Crippen LogP contribution in [0.15, 0.2) is 121 Å². The summed E-state index contributed by atoms with van der Waals surface area (Å²) in [6, 6.07) is 32.5. The molecule has 0 aliphatic rings. The van der Waals surface area contributed by atoms with Gasteiger partial charge in [-0.2, -0.15) is 17.6 Å². The Labute approximate surface area is 788 Å². The van der Waals surface area contributed by atoms with E-state index < -0.39 is 171 Å². The molecule has 5 unspecified atom stereocenters. The summed E-state index contributed by atoms with van der Waals surface area (Å²) >= 11 is 0. The van der Waals surface area contributed by atoms with Gasteiger partial charge >= 0.3 is 83.5 Å². The van der Waals surface area contributed by atoms with Gasteiger partial charge in [0.25, 0.3) is 23.7 Å². The Morgan fingerprint density at radius 2 is 0.533 bits per heavy atom. The summed E-state index contributed by atoms with van der Waals surface area (Å²) in [5, 5.41) is 2.52. The smallest absolute Gasteiger partial charge is 0.380 e. The molecule has 0 N–H and O–H groups in total. The molecule has 0 spiro atoms. The highest BCUT2D eigenvalue weighted by Gasteiger charge is 2.52. The zero-order valence-electron chi connectivity index (χ0n) is 81.2. The van der Waals surface area contributed by atoms with Gasteiger partial charge in [-0.15, -0.1) is 0 Å². The first-order chi connectivity index (χ1) is 63.4. The lowest BCUT2D eigenvalue weighted by Crippen LogP contribution is -2.46. The van der Waals surface area contributed by atoms with Gasteiger partial charge in [-0.3, -0.25) is 28.8 Å². The fourth-order valence-electron chi connectivity index (χ4n) is 9.45. The summed E-state index contributed by atoms with van der Waals surface area (Å²) in [5.74, 6) is -27.9. The van der Waals surface area contributed by atoms with E-state index in [1.165, 1.54) is 62.4 Å². The summed E-state index contributed by atoms with van der Waals surface area (Å²) in [6.07, 6.45) is -0.367. The molecule has 0 radical (unpaired) electrons. The number of benzene rings is 6. The number of ether oxygens (including phenoxy) is 16. The predicted molar refractivity (Wildman–Crippen MR) is 476 cm³/mol. The fourth-order valence-corrected chi connectivity index (χ4v) is 9.45. The van der Waals surface area contributed by atoms with E-state index in [0.29, 0.717) is 134 Å². The predicted octanol–water partition coefficient (Wildman–Crippen LogP) is 20.7. The summed E-state index contributed by atoms with van der Waals surface area (Å²) in [4.78, 5) is 139. The van der Waals surface area contributed by atoms with Crippen molar-refractivity contribution >= 4 is 93.2 Å². The second-order valence-corrected chi connectivity index (χ2v) is 33.4. The Morgan fingerprint density at radius 1 is 0.277 bits per heavy atom. The van der Waals surface area contributed by atoms with Gasteiger partial charge < -0.3 is 75.8 Å². The average molecular weight is 1970 g/mol. The zero-order valence-corrected chi connectivity index (χ0v) is 81.2. The lowest BCUT2D eigenvalue weighted by Gasteiger charge is -2.28. The molecule has 28 nitrogen and oxygen atoms in total. The maximum absolute atomic E-state index is 13.6. The summed E-state index contributed by atoms with van der Waals surface area (Å²) in [6.45, 7) is 26.1. The summed E-state index contributed by atoms with van der Waals surface area (Å²) in [5.41, 5.74) is -2.07. The molecule has 0 fully saturated rings. The molecule has 0 aliphatic carbocycles. The second kappa shape index (κ2) is 57.1. The Bertz CT molecular complexity index is 4850. The first-order valence-corrected chi connectivity index (χ1v) is 43.5. The van der Waals surface area contributed by atoms with Crippen molar-refractivity contribution in [1.29, 1.82) is 0 Å². The SMILES string of the molecule is CCC(C)(C)C(=O)Oc1ccc(OCC(=O)OCC(C)(F)F)cc1.CCC(C)(C)C(=O)Oc1cccc2c(OCC(=O)OCC(C)(F)F)cccc12.CCC(C)C(=O)OC(CC)C(F)(F)C(=O)OC.CCC(C)C(=O)Oc1ccc(OCC(=O)OCC(C)(F)F)cc1.CCC(C)C(=O)Oc1cccc2c(OCC(=O)OCC(C)(F)F)cccc12.CCC(OC(=O)C(C)(C)CC)C(F)(F)C(=O)OC. The Hall–Kier alpha value is -12.2. The van der Waals surface area contributed by atoms with Crippen LogP contribution in [0.25, 0.3) is 21.5 Å². The number of carbonyl (C=O) groups excluding carboxylic acids is 12. The van der Waals surface area contributed by atoms with Crippen molar-refractivity contribution in [2.45, 2.75) is 245 Å². The molecular formula is C97H126F12O28. The molecule has 5 atom stereocenters. The molecule has 0 aliphatic heterocycles. The quantitative estimate of drug-likeness (QED) is 0.0148. The molecule has 6 aromatic rings. The molecule has 0 saturated carbocycles. The Morgan fingerprint density at radius 3 is 0.832 bits per heavy atom. The van der Waals surface area contributed by atoms with E-state index in [-0.39, 0.29) is 48.6 Å². The highest BCUT2D eigenvalue weighted by Crippen LogP contribution is 2.38. The van der Waals surface area contributed by atoms with Crippen LogP contribution in [0.2, 0.25) is 0 Å². The van der Waals surface area contributed by atoms with Crippen molar-refractivity contribution in [3.8, 4) is 46.0 Å². The second-order valence-electron chi connectivity index (χ2n) is 33.4. The molecule has 6 aromatic carbocycles. The molecule has 766 valence electrons. The zero-order chi connectivity index (χ0) is 105. The first-order valence-electron chi connectivity index (χ1n) is 43.5. The van der Waals surface area contributed by atoms with E-state index in [2.05, 4.69) is 33.2 Å². The van der Waals surface area contributed by atoms with E-state index in [4.69, 9.17) is 42.6 Å².